The minimum Gasteiger partial charge on any atom is -0.619 e. The standard InChI is InChI=1S/C21H23N3O/c1-14-3-4-20-18(9-14)19-13-22(2)11-17-10-16(12-24(20)21(17)19)15-5-7-23(25)8-6-15/h3-9,16-17H,10-13H2,1-2H3. The van der Waals surface area contributed by atoms with Crippen molar-refractivity contribution in [2.45, 2.75) is 38.3 Å². The van der Waals surface area contributed by atoms with E-state index < -0.39 is 0 Å². The minimum atomic E-state index is 0.468. The third kappa shape index (κ3) is 2.28. The molecule has 0 amide bonds. The summed E-state index contributed by atoms with van der Waals surface area (Å²) < 4.78 is 3.44. The summed E-state index contributed by atoms with van der Waals surface area (Å²) in [5.74, 6) is 1.04. The number of pyridine rings is 1. The molecular weight excluding hydrogens is 310 g/mol. The summed E-state index contributed by atoms with van der Waals surface area (Å²) in [5.41, 5.74) is 7.07. The lowest BCUT2D eigenvalue weighted by molar-refractivity contribution is -0.605. The van der Waals surface area contributed by atoms with Gasteiger partial charge in [-0.05, 0) is 43.7 Å². The van der Waals surface area contributed by atoms with Gasteiger partial charge in [0.25, 0.3) is 0 Å². The molecule has 4 nitrogen and oxygen atoms in total. The third-order valence-corrected chi connectivity index (χ3v) is 5.99. The van der Waals surface area contributed by atoms with E-state index in [1.165, 1.54) is 27.6 Å². The summed E-state index contributed by atoms with van der Waals surface area (Å²) in [7, 11) is 2.23. The van der Waals surface area contributed by atoms with E-state index in [0.29, 0.717) is 11.8 Å². The van der Waals surface area contributed by atoms with Crippen molar-refractivity contribution in [3.8, 4) is 0 Å². The molecule has 2 aromatic heterocycles. The highest BCUT2D eigenvalue weighted by Gasteiger charge is 2.36. The molecule has 4 heterocycles. The fourth-order valence-corrected chi connectivity index (χ4v) is 4.95. The summed E-state index contributed by atoms with van der Waals surface area (Å²) in [5, 5.41) is 12.8. The third-order valence-electron chi connectivity index (χ3n) is 5.99. The Morgan fingerprint density at radius 3 is 2.68 bits per heavy atom. The Balaban J connectivity index is 1.68. The van der Waals surface area contributed by atoms with Crippen molar-refractivity contribution in [3.63, 3.8) is 0 Å². The molecular formula is C21H23N3O. The van der Waals surface area contributed by atoms with Crippen molar-refractivity contribution < 1.29 is 4.73 Å². The van der Waals surface area contributed by atoms with Crippen molar-refractivity contribution in [3.05, 3.63) is 70.3 Å². The minimum absolute atomic E-state index is 0.468. The molecule has 3 aromatic rings. The van der Waals surface area contributed by atoms with Crippen LogP contribution in [0.25, 0.3) is 10.9 Å². The quantitative estimate of drug-likeness (QED) is 0.506. The monoisotopic (exact) mass is 333 g/mol. The molecule has 0 N–H and O–H groups in total. The van der Waals surface area contributed by atoms with E-state index in [-0.39, 0.29) is 0 Å². The molecule has 2 aliphatic rings. The average molecular weight is 333 g/mol. The first-order chi connectivity index (χ1) is 12.1. The van der Waals surface area contributed by atoms with Gasteiger partial charge in [-0.15, -0.1) is 0 Å². The van der Waals surface area contributed by atoms with Crippen molar-refractivity contribution in [1.82, 2.24) is 9.47 Å². The maximum absolute atomic E-state index is 11.4. The zero-order valence-corrected chi connectivity index (χ0v) is 14.8. The number of fused-ring (bicyclic) bond motifs is 3. The maximum Gasteiger partial charge on any atom is 0.180 e. The first-order valence-electron chi connectivity index (χ1n) is 9.09. The van der Waals surface area contributed by atoms with Crippen LogP contribution in [0.15, 0.2) is 42.7 Å². The molecule has 0 fully saturated rings. The summed E-state index contributed by atoms with van der Waals surface area (Å²) in [4.78, 5) is 2.46. The zero-order valence-electron chi connectivity index (χ0n) is 14.8. The van der Waals surface area contributed by atoms with Crippen LogP contribution >= 0.6 is 0 Å². The Kier molecular flexibility index (Phi) is 3.19. The molecule has 128 valence electrons. The van der Waals surface area contributed by atoms with Gasteiger partial charge in [-0.3, -0.25) is 0 Å². The normalized spacial score (nSPS) is 23.0. The topological polar surface area (TPSA) is 35.1 Å². The van der Waals surface area contributed by atoms with Gasteiger partial charge in [0.15, 0.2) is 12.4 Å². The van der Waals surface area contributed by atoms with E-state index in [1.54, 1.807) is 18.1 Å². The first kappa shape index (κ1) is 15.0. The number of rotatable bonds is 1. The van der Waals surface area contributed by atoms with Gasteiger partial charge in [-0.1, -0.05) is 11.6 Å². The molecule has 2 unspecified atom stereocenters. The Morgan fingerprint density at radius 2 is 1.88 bits per heavy atom. The van der Waals surface area contributed by atoms with Gasteiger partial charge in [0.2, 0.25) is 0 Å². The second kappa shape index (κ2) is 5.33. The predicted octanol–water partition coefficient (Wildman–Crippen LogP) is 3.30. The number of hydrogen-bond acceptors (Lipinski definition) is 2. The van der Waals surface area contributed by atoms with Crippen LogP contribution in [0.1, 0.15) is 40.6 Å². The number of likely N-dealkylation sites (N-methyl/N-ethyl adjacent to an activating group) is 1. The lowest BCUT2D eigenvalue weighted by atomic mass is 9.81. The van der Waals surface area contributed by atoms with E-state index in [4.69, 9.17) is 0 Å². The molecule has 0 aliphatic carbocycles. The molecule has 0 saturated carbocycles. The lowest BCUT2D eigenvalue weighted by Crippen LogP contribution is -2.35. The smallest absolute Gasteiger partial charge is 0.180 e. The SMILES string of the molecule is Cc1ccc2c(c1)c1c3n2CC(c2cc[n+]([O-])cc2)CC3CN(C)C1. The molecule has 0 bridgehead atoms. The second-order valence-electron chi connectivity index (χ2n) is 7.81. The van der Waals surface area contributed by atoms with E-state index >= 15 is 0 Å². The number of benzene rings is 1. The maximum atomic E-state index is 11.4. The van der Waals surface area contributed by atoms with Gasteiger partial charge < -0.3 is 14.7 Å². The molecule has 0 saturated heterocycles. The van der Waals surface area contributed by atoms with Gasteiger partial charge in [-0.25, -0.2) is 0 Å². The molecule has 0 radical (unpaired) electrons. The number of nitrogens with zero attached hydrogens (tertiary/aromatic N) is 3. The fraction of sp³-hybridized carbons (Fsp3) is 0.381. The van der Waals surface area contributed by atoms with Crippen LogP contribution < -0.4 is 4.73 Å². The predicted molar refractivity (Wildman–Crippen MR) is 98.5 cm³/mol. The van der Waals surface area contributed by atoms with Crippen molar-refractivity contribution in [2.75, 3.05) is 13.6 Å². The number of hydrogen-bond donors (Lipinski definition) is 0. The van der Waals surface area contributed by atoms with Crippen LogP contribution in [-0.4, -0.2) is 23.1 Å². The van der Waals surface area contributed by atoms with Crippen molar-refractivity contribution in [1.29, 1.82) is 0 Å². The highest BCUT2D eigenvalue weighted by Crippen LogP contribution is 2.45. The zero-order chi connectivity index (χ0) is 17.1. The molecule has 4 heteroatoms. The highest BCUT2D eigenvalue weighted by molar-refractivity contribution is 5.87. The largest absolute Gasteiger partial charge is 0.619 e. The van der Waals surface area contributed by atoms with Crippen LogP contribution in [-0.2, 0) is 13.1 Å². The summed E-state index contributed by atoms with van der Waals surface area (Å²) in [6, 6.07) is 10.9. The van der Waals surface area contributed by atoms with Crippen LogP contribution in [0.3, 0.4) is 0 Å². The number of aromatic nitrogens is 2. The van der Waals surface area contributed by atoms with E-state index in [2.05, 4.69) is 41.6 Å². The lowest BCUT2D eigenvalue weighted by Gasteiger charge is -2.38. The van der Waals surface area contributed by atoms with Crippen LogP contribution in [0.2, 0.25) is 0 Å². The van der Waals surface area contributed by atoms with Gasteiger partial charge in [0, 0.05) is 60.2 Å². The van der Waals surface area contributed by atoms with Gasteiger partial charge in [0.05, 0.1) is 0 Å². The van der Waals surface area contributed by atoms with Crippen LogP contribution in [0.4, 0.5) is 0 Å². The van der Waals surface area contributed by atoms with Gasteiger partial charge >= 0.3 is 0 Å². The highest BCUT2D eigenvalue weighted by atomic mass is 16.5. The summed E-state index contributed by atoms with van der Waals surface area (Å²) in [6.45, 7) is 5.36. The first-order valence-corrected chi connectivity index (χ1v) is 9.09. The van der Waals surface area contributed by atoms with E-state index in [1.807, 2.05) is 12.1 Å². The van der Waals surface area contributed by atoms with E-state index in [9.17, 15) is 5.21 Å². The Hall–Kier alpha value is -2.33. The average Bonchev–Trinajstić information content (AvgIpc) is 2.89. The molecule has 25 heavy (non-hydrogen) atoms. The Morgan fingerprint density at radius 1 is 1.08 bits per heavy atom. The summed E-state index contributed by atoms with van der Waals surface area (Å²) in [6.07, 6.45) is 4.41. The molecule has 2 atom stereocenters. The Labute approximate surface area is 147 Å². The molecule has 2 aliphatic heterocycles. The van der Waals surface area contributed by atoms with Crippen LogP contribution in [0.5, 0.6) is 0 Å². The van der Waals surface area contributed by atoms with E-state index in [0.717, 1.165) is 30.8 Å². The summed E-state index contributed by atoms with van der Waals surface area (Å²) >= 11 is 0. The molecule has 0 spiro atoms. The van der Waals surface area contributed by atoms with Crippen molar-refractivity contribution in [2.24, 2.45) is 0 Å². The fourth-order valence-electron chi connectivity index (χ4n) is 4.95. The Bertz CT molecular complexity index is 957. The number of aryl methyl sites for hydroxylation is 1. The van der Waals surface area contributed by atoms with Gasteiger partial charge in [0.1, 0.15) is 0 Å². The second-order valence-corrected chi connectivity index (χ2v) is 7.81. The molecule has 5 rings (SSSR count). The van der Waals surface area contributed by atoms with Crippen LogP contribution in [0, 0.1) is 12.1 Å². The molecule has 1 aromatic carbocycles. The van der Waals surface area contributed by atoms with Gasteiger partial charge in [-0.2, -0.15) is 4.73 Å². The van der Waals surface area contributed by atoms with Crippen molar-refractivity contribution >= 4 is 10.9 Å².